The summed E-state index contributed by atoms with van der Waals surface area (Å²) in [4.78, 5) is 39.6. The number of nitrogens with one attached hydrogen (secondary N) is 1. The van der Waals surface area contributed by atoms with Crippen LogP contribution in [0.3, 0.4) is 0 Å². The van der Waals surface area contributed by atoms with Crippen LogP contribution in [0, 0.1) is 0 Å². The van der Waals surface area contributed by atoms with E-state index in [-0.39, 0.29) is 6.54 Å². The van der Waals surface area contributed by atoms with E-state index in [2.05, 4.69) is 15.7 Å². The van der Waals surface area contributed by atoms with E-state index in [4.69, 9.17) is 9.47 Å². The highest BCUT2D eigenvalue weighted by Gasteiger charge is 2.55. The summed E-state index contributed by atoms with van der Waals surface area (Å²) in [7, 11) is 1.53. The smallest absolute Gasteiger partial charge is 0.263 e. The van der Waals surface area contributed by atoms with Crippen molar-refractivity contribution < 1.29 is 23.9 Å². The number of benzene rings is 3. The van der Waals surface area contributed by atoms with E-state index < -0.39 is 29.8 Å². The molecule has 0 spiro atoms. The molecule has 1 N–H and O–H groups in total. The third-order valence-electron chi connectivity index (χ3n) is 5.61. The lowest BCUT2D eigenvalue weighted by atomic mass is 10.1. The van der Waals surface area contributed by atoms with E-state index in [1.165, 1.54) is 12.1 Å². The van der Waals surface area contributed by atoms with Gasteiger partial charge in [-0.3, -0.25) is 19.4 Å². The third kappa shape index (κ3) is 4.41. The van der Waals surface area contributed by atoms with Gasteiger partial charge in [-0.25, -0.2) is 4.90 Å². The molecular weight excluding hydrogens is 450 g/mol. The summed E-state index contributed by atoms with van der Waals surface area (Å²) in [5.41, 5.74) is 0.962. The number of nitrogens with zero attached hydrogens (tertiary/aromatic N) is 4. The van der Waals surface area contributed by atoms with Crippen molar-refractivity contribution in [2.45, 2.75) is 12.1 Å². The first-order valence-electron chi connectivity index (χ1n) is 10.9. The molecule has 35 heavy (non-hydrogen) atoms. The Kier molecular flexibility index (Phi) is 5.84. The van der Waals surface area contributed by atoms with Gasteiger partial charge in [0.15, 0.2) is 12.1 Å². The molecule has 5 rings (SSSR count). The summed E-state index contributed by atoms with van der Waals surface area (Å²) in [5, 5.41) is 11.9. The van der Waals surface area contributed by atoms with E-state index in [0.29, 0.717) is 28.6 Å². The number of para-hydroxylation sites is 1. The Bertz CT molecular complexity index is 1280. The van der Waals surface area contributed by atoms with Gasteiger partial charge in [0, 0.05) is 5.69 Å². The number of fused-ring (bicyclic) bond motifs is 1. The van der Waals surface area contributed by atoms with Gasteiger partial charge >= 0.3 is 0 Å². The highest BCUT2D eigenvalue weighted by atomic mass is 16.5. The number of carbonyl (C=O) groups excluding carboxylic acids is 3. The number of anilines is 2. The van der Waals surface area contributed by atoms with Crippen molar-refractivity contribution in [2.24, 2.45) is 10.3 Å². The van der Waals surface area contributed by atoms with Crippen LogP contribution in [-0.2, 0) is 14.4 Å². The summed E-state index contributed by atoms with van der Waals surface area (Å²) >= 11 is 0. The number of hydrogen-bond acceptors (Lipinski definition) is 8. The standard InChI is InChI=1S/C25H21N5O5/c1-34-18-13-9-17(10-14-18)30-24(32)22-23(25(30)33)29(28-27-22)15-21(31)26-16-7-11-20(12-8-16)35-19-5-3-2-4-6-19/h2-14,22-23H,15H2,1H3,(H,26,31)/t22-,23+/m1/s1. The zero-order valence-electron chi connectivity index (χ0n) is 18.7. The van der Waals surface area contributed by atoms with Crippen LogP contribution < -0.4 is 19.7 Å². The molecule has 3 aromatic rings. The Morgan fingerprint density at radius 2 is 1.54 bits per heavy atom. The largest absolute Gasteiger partial charge is 0.497 e. The van der Waals surface area contributed by atoms with Crippen LogP contribution in [0.1, 0.15) is 0 Å². The molecule has 0 aliphatic carbocycles. The fraction of sp³-hybridized carbons (Fsp3) is 0.160. The van der Waals surface area contributed by atoms with Gasteiger partial charge in [0.1, 0.15) is 23.8 Å². The minimum absolute atomic E-state index is 0.234. The highest BCUT2D eigenvalue weighted by Crippen LogP contribution is 2.32. The van der Waals surface area contributed by atoms with Crippen molar-refractivity contribution in [2.75, 3.05) is 23.9 Å². The molecule has 2 aliphatic rings. The molecule has 1 saturated heterocycles. The Hall–Kier alpha value is -4.73. The van der Waals surface area contributed by atoms with Crippen molar-refractivity contribution in [3.05, 3.63) is 78.9 Å². The summed E-state index contributed by atoms with van der Waals surface area (Å²) in [6.45, 7) is -0.234. The lowest BCUT2D eigenvalue weighted by Gasteiger charge is -2.20. The fourth-order valence-corrected chi connectivity index (χ4v) is 3.92. The predicted octanol–water partition coefficient (Wildman–Crippen LogP) is 3.42. The van der Waals surface area contributed by atoms with Gasteiger partial charge in [-0.15, -0.1) is 0 Å². The molecule has 10 nitrogen and oxygen atoms in total. The van der Waals surface area contributed by atoms with Gasteiger partial charge in [0.25, 0.3) is 11.8 Å². The van der Waals surface area contributed by atoms with Gasteiger partial charge in [-0.1, -0.05) is 23.4 Å². The molecular formula is C25H21N5O5. The molecule has 2 heterocycles. The molecule has 0 aromatic heterocycles. The third-order valence-corrected chi connectivity index (χ3v) is 5.61. The number of carbonyl (C=O) groups is 3. The number of methoxy groups -OCH3 is 1. The Morgan fingerprint density at radius 1 is 0.886 bits per heavy atom. The van der Waals surface area contributed by atoms with Gasteiger partial charge < -0.3 is 14.8 Å². The summed E-state index contributed by atoms with van der Waals surface area (Å²) in [5.74, 6) is 0.572. The molecule has 3 aromatic carbocycles. The average Bonchev–Trinajstić information content (AvgIpc) is 3.40. The normalized spacial score (nSPS) is 18.5. The molecule has 1 fully saturated rings. The summed E-state index contributed by atoms with van der Waals surface area (Å²) < 4.78 is 10.9. The number of hydrogen-bond donors (Lipinski definition) is 1. The maximum Gasteiger partial charge on any atom is 0.263 e. The SMILES string of the molecule is COc1ccc(N2C(=O)[C@@H]3[C@@H](N=NN3CC(=O)Nc3ccc(Oc4ccccc4)cc3)C2=O)cc1. The van der Waals surface area contributed by atoms with Crippen LogP contribution in [-0.4, -0.2) is 48.5 Å². The Labute approximate surface area is 200 Å². The van der Waals surface area contributed by atoms with E-state index in [0.717, 1.165) is 4.90 Å². The number of rotatable bonds is 7. The van der Waals surface area contributed by atoms with E-state index in [9.17, 15) is 14.4 Å². The predicted molar refractivity (Wildman–Crippen MR) is 126 cm³/mol. The topological polar surface area (TPSA) is 113 Å². The van der Waals surface area contributed by atoms with Gasteiger partial charge in [-0.2, -0.15) is 5.11 Å². The minimum Gasteiger partial charge on any atom is -0.497 e. The second-order valence-electron chi connectivity index (χ2n) is 7.89. The molecule has 0 bridgehead atoms. The van der Waals surface area contributed by atoms with Gasteiger partial charge in [0.05, 0.1) is 12.8 Å². The lowest BCUT2D eigenvalue weighted by Crippen LogP contribution is -2.43. The van der Waals surface area contributed by atoms with Crippen LogP contribution >= 0.6 is 0 Å². The molecule has 0 unspecified atom stereocenters. The molecule has 2 atom stereocenters. The van der Waals surface area contributed by atoms with Crippen LogP contribution in [0.5, 0.6) is 17.2 Å². The maximum absolute atomic E-state index is 13.1. The highest BCUT2D eigenvalue weighted by molar-refractivity contribution is 6.25. The van der Waals surface area contributed by atoms with Crippen molar-refractivity contribution in [3.63, 3.8) is 0 Å². The Morgan fingerprint density at radius 3 is 2.23 bits per heavy atom. The van der Waals surface area contributed by atoms with E-state index >= 15 is 0 Å². The number of imide groups is 1. The molecule has 0 radical (unpaired) electrons. The second kappa shape index (κ2) is 9.26. The van der Waals surface area contributed by atoms with E-state index in [1.54, 1.807) is 48.5 Å². The first-order valence-corrected chi connectivity index (χ1v) is 10.9. The number of amides is 3. The quantitative estimate of drug-likeness (QED) is 0.529. The van der Waals surface area contributed by atoms with Crippen LogP contribution in [0.2, 0.25) is 0 Å². The zero-order chi connectivity index (χ0) is 24.4. The lowest BCUT2D eigenvalue weighted by molar-refractivity contribution is -0.123. The van der Waals surface area contributed by atoms with Crippen molar-refractivity contribution >= 4 is 29.1 Å². The molecule has 0 saturated carbocycles. The van der Waals surface area contributed by atoms with E-state index in [1.807, 2.05) is 30.3 Å². The van der Waals surface area contributed by atoms with Gasteiger partial charge in [0.2, 0.25) is 5.91 Å². The van der Waals surface area contributed by atoms with Crippen molar-refractivity contribution in [3.8, 4) is 17.2 Å². The van der Waals surface area contributed by atoms with Crippen molar-refractivity contribution in [1.29, 1.82) is 0 Å². The van der Waals surface area contributed by atoms with Gasteiger partial charge in [-0.05, 0) is 60.7 Å². The molecule has 176 valence electrons. The first-order chi connectivity index (χ1) is 17.0. The summed E-state index contributed by atoms with van der Waals surface area (Å²) in [6, 6.07) is 20.9. The van der Waals surface area contributed by atoms with Crippen molar-refractivity contribution in [1.82, 2.24) is 5.01 Å². The fourth-order valence-electron chi connectivity index (χ4n) is 3.92. The maximum atomic E-state index is 13.1. The zero-order valence-corrected chi connectivity index (χ0v) is 18.7. The minimum atomic E-state index is -0.980. The van der Waals surface area contributed by atoms with Crippen LogP contribution in [0.4, 0.5) is 11.4 Å². The monoisotopic (exact) mass is 471 g/mol. The second-order valence-corrected chi connectivity index (χ2v) is 7.89. The van der Waals surface area contributed by atoms with Crippen LogP contribution in [0.25, 0.3) is 0 Å². The molecule has 3 amide bonds. The first kappa shape index (κ1) is 22.1. The Balaban J connectivity index is 1.21. The van der Waals surface area contributed by atoms with Crippen LogP contribution in [0.15, 0.2) is 89.2 Å². The number of ether oxygens (including phenoxy) is 2. The molecule has 2 aliphatic heterocycles. The summed E-state index contributed by atoms with van der Waals surface area (Å²) in [6.07, 6.45) is 0. The average molecular weight is 471 g/mol. The molecule has 10 heteroatoms.